The molecule has 0 saturated carbocycles. The summed E-state index contributed by atoms with van der Waals surface area (Å²) in [6.07, 6.45) is 0. The van der Waals surface area contributed by atoms with E-state index in [1.54, 1.807) is 4.90 Å². The molecule has 1 aromatic heterocycles. The zero-order valence-corrected chi connectivity index (χ0v) is 13.2. The van der Waals surface area contributed by atoms with Crippen molar-refractivity contribution in [3.05, 3.63) is 11.7 Å². The first-order chi connectivity index (χ1) is 9.82. The lowest BCUT2D eigenvalue weighted by Crippen LogP contribution is -2.50. The summed E-state index contributed by atoms with van der Waals surface area (Å²) in [5.74, 6) is 1.11. The maximum absolute atomic E-state index is 11.4. The Kier molecular flexibility index (Phi) is 4.63. The van der Waals surface area contributed by atoms with Crippen molar-refractivity contribution in [2.75, 3.05) is 32.8 Å². The van der Waals surface area contributed by atoms with Crippen molar-refractivity contribution in [1.29, 1.82) is 0 Å². The van der Waals surface area contributed by atoms with Crippen LogP contribution in [-0.2, 0) is 10.2 Å². The van der Waals surface area contributed by atoms with E-state index in [1.165, 1.54) is 0 Å². The fraction of sp³-hybridized carbons (Fsp3) is 0.786. The first kappa shape index (κ1) is 15.9. The number of carbonyl (C=O) groups is 1. The molecule has 2 rings (SSSR count). The quantitative estimate of drug-likeness (QED) is 0.878. The zero-order chi connectivity index (χ0) is 15.6. The van der Waals surface area contributed by atoms with Gasteiger partial charge in [0.1, 0.15) is 6.61 Å². The van der Waals surface area contributed by atoms with Gasteiger partial charge in [0, 0.05) is 31.6 Å². The molecule has 0 bridgehead atoms. The molecular formula is C14H24N4O3. The number of rotatable bonds is 3. The monoisotopic (exact) mass is 296 g/mol. The van der Waals surface area contributed by atoms with E-state index in [9.17, 15) is 4.79 Å². The third kappa shape index (κ3) is 3.59. The van der Waals surface area contributed by atoms with Gasteiger partial charge in [-0.15, -0.1) is 0 Å². The van der Waals surface area contributed by atoms with Crippen LogP contribution in [0.25, 0.3) is 0 Å². The molecule has 1 aliphatic rings. The molecule has 0 spiro atoms. The van der Waals surface area contributed by atoms with Crippen LogP contribution in [0.2, 0.25) is 0 Å². The van der Waals surface area contributed by atoms with E-state index >= 15 is 0 Å². The van der Waals surface area contributed by atoms with Crippen LogP contribution >= 0.6 is 0 Å². The Labute approximate surface area is 124 Å². The fourth-order valence-electron chi connectivity index (χ4n) is 2.32. The minimum Gasteiger partial charge on any atom is -0.387 e. The molecule has 21 heavy (non-hydrogen) atoms. The first-order valence-electron chi connectivity index (χ1n) is 7.29. The number of piperazine rings is 1. The number of aromatic nitrogens is 2. The van der Waals surface area contributed by atoms with Crippen molar-refractivity contribution in [3.63, 3.8) is 0 Å². The largest absolute Gasteiger partial charge is 0.387 e. The van der Waals surface area contributed by atoms with Crippen molar-refractivity contribution >= 4 is 5.91 Å². The molecular weight excluding hydrogens is 272 g/mol. The molecule has 118 valence electrons. The fourth-order valence-corrected chi connectivity index (χ4v) is 2.32. The summed E-state index contributed by atoms with van der Waals surface area (Å²) in [5.41, 5.74) is -0.131. The van der Waals surface area contributed by atoms with E-state index in [0.29, 0.717) is 24.8 Å². The van der Waals surface area contributed by atoms with Crippen molar-refractivity contribution in [2.24, 2.45) is 0 Å². The Balaban J connectivity index is 1.97. The van der Waals surface area contributed by atoms with Crippen LogP contribution in [-0.4, -0.2) is 63.7 Å². The van der Waals surface area contributed by atoms with Gasteiger partial charge in [-0.05, 0) is 6.92 Å². The normalized spacial score (nSPS) is 18.8. The summed E-state index contributed by atoms with van der Waals surface area (Å²) in [7, 11) is 0. The number of nitrogens with zero attached hydrogens (tertiary/aromatic N) is 4. The summed E-state index contributed by atoms with van der Waals surface area (Å²) in [6, 6.07) is 0.0278. The predicted octanol–water partition coefficient (Wildman–Crippen LogP) is 0.565. The molecule has 1 N–H and O–H groups in total. The van der Waals surface area contributed by atoms with Gasteiger partial charge in [0.15, 0.2) is 5.82 Å². The highest BCUT2D eigenvalue weighted by molar-refractivity contribution is 5.77. The molecule has 2 heterocycles. The second-order valence-electron chi connectivity index (χ2n) is 6.46. The van der Waals surface area contributed by atoms with E-state index in [2.05, 4.69) is 15.0 Å². The molecule has 7 heteroatoms. The third-order valence-electron chi connectivity index (χ3n) is 3.82. The third-order valence-corrected chi connectivity index (χ3v) is 3.82. The topological polar surface area (TPSA) is 82.7 Å². The summed E-state index contributed by atoms with van der Waals surface area (Å²) in [6.45, 7) is 10.5. The van der Waals surface area contributed by atoms with Crippen molar-refractivity contribution in [1.82, 2.24) is 19.9 Å². The molecule has 7 nitrogen and oxygen atoms in total. The second kappa shape index (κ2) is 6.11. The molecule has 0 aromatic carbocycles. The van der Waals surface area contributed by atoms with Gasteiger partial charge < -0.3 is 14.5 Å². The summed E-state index contributed by atoms with van der Waals surface area (Å²) in [4.78, 5) is 19.8. The van der Waals surface area contributed by atoms with Crippen LogP contribution < -0.4 is 0 Å². The lowest BCUT2D eigenvalue weighted by atomic mass is 9.96. The number of hydrogen-bond donors (Lipinski definition) is 1. The van der Waals surface area contributed by atoms with Crippen LogP contribution in [0.15, 0.2) is 4.52 Å². The van der Waals surface area contributed by atoms with E-state index in [0.717, 1.165) is 13.1 Å². The second-order valence-corrected chi connectivity index (χ2v) is 6.46. The smallest absolute Gasteiger partial charge is 0.248 e. The van der Waals surface area contributed by atoms with Crippen LogP contribution in [0.5, 0.6) is 0 Å². The van der Waals surface area contributed by atoms with Crippen molar-refractivity contribution in [3.8, 4) is 0 Å². The van der Waals surface area contributed by atoms with E-state index < -0.39 is 6.61 Å². The Morgan fingerprint density at radius 1 is 1.33 bits per heavy atom. The van der Waals surface area contributed by atoms with Crippen LogP contribution in [0.1, 0.15) is 45.5 Å². The van der Waals surface area contributed by atoms with E-state index in [4.69, 9.17) is 9.63 Å². The molecule has 1 aromatic rings. The van der Waals surface area contributed by atoms with Gasteiger partial charge >= 0.3 is 0 Å². The van der Waals surface area contributed by atoms with Gasteiger partial charge in [-0.3, -0.25) is 9.69 Å². The molecule has 1 aliphatic heterocycles. The van der Waals surface area contributed by atoms with Gasteiger partial charge in [-0.25, -0.2) is 0 Å². The van der Waals surface area contributed by atoms with Gasteiger partial charge in [-0.1, -0.05) is 25.9 Å². The van der Waals surface area contributed by atoms with Crippen molar-refractivity contribution < 1.29 is 14.4 Å². The molecule has 1 amide bonds. The molecule has 0 radical (unpaired) electrons. The average molecular weight is 296 g/mol. The predicted molar refractivity (Wildman–Crippen MR) is 76.7 cm³/mol. The average Bonchev–Trinajstić information content (AvgIpc) is 2.95. The summed E-state index contributed by atoms with van der Waals surface area (Å²) < 4.78 is 5.38. The SMILES string of the molecule is CC(c1nc(C(C)(C)C)no1)N1CCN(C(=O)CO)CC1. The highest BCUT2D eigenvalue weighted by atomic mass is 16.5. The zero-order valence-electron chi connectivity index (χ0n) is 13.2. The first-order valence-corrected chi connectivity index (χ1v) is 7.29. The van der Waals surface area contributed by atoms with E-state index in [1.807, 2.05) is 27.7 Å². The summed E-state index contributed by atoms with van der Waals surface area (Å²) >= 11 is 0. The summed E-state index contributed by atoms with van der Waals surface area (Å²) in [5, 5.41) is 12.9. The van der Waals surface area contributed by atoms with Gasteiger partial charge in [-0.2, -0.15) is 4.98 Å². The molecule has 0 aliphatic carbocycles. The van der Waals surface area contributed by atoms with Crippen LogP contribution in [0.4, 0.5) is 0 Å². The molecule has 1 fully saturated rings. The van der Waals surface area contributed by atoms with Gasteiger partial charge in [0.25, 0.3) is 0 Å². The molecule has 1 unspecified atom stereocenters. The lowest BCUT2D eigenvalue weighted by molar-refractivity contribution is -0.136. The number of carbonyl (C=O) groups excluding carboxylic acids is 1. The maximum Gasteiger partial charge on any atom is 0.248 e. The highest BCUT2D eigenvalue weighted by Crippen LogP contribution is 2.24. The Morgan fingerprint density at radius 3 is 2.43 bits per heavy atom. The van der Waals surface area contributed by atoms with Crippen molar-refractivity contribution in [2.45, 2.75) is 39.2 Å². The maximum atomic E-state index is 11.4. The van der Waals surface area contributed by atoms with Crippen LogP contribution in [0.3, 0.4) is 0 Å². The number of hydrogen-bond acceptors (Lipinski definition) is 6. The minimum absolute atomic E-state index is 0.0278. The van der Waals surface area contributed by atoms with Gasteiger partial charge in [0.2, 0.25) is 11.8 Å². The Morgan fingerprint density at radius 2 is 1.95 bits per heavy atom. The van der Waals surface area contributed by atoms with Gasteiger partial charge in [0.05, 0.1) is 6.04 Å². The number of aliphatic hydroxyl groups is 1. The lowest BCUT2D eigenvalue weighted by Gasteiger charge is -2.36. The highest BCUT2D eigenvalue weighted by Gasteiger charge is 2.29. The Bertz CT molecular complexity index is 487. The number of amides is 1. The molecule has 1 saturated heterocycles. The number of aliphatic hydroxyl groups excluding tert-OH is 1. The standard InChI is InChI=1S/C14H24N4O3/c1-10(12-15-13(16-21-12)14(2,3)4)17-5-7-18(8-6-17)11(20)9-19/h10,19H,5-9H2,1-4H3. The minimum atomic E-state index is -0.422. The molecule has 1 atom stereocenters. The van der Waals surface area contributed by atoms with E-state index in [-0.39, 0.29) is 17.4 Å². The van der Waals surface area contributed by atoms with Crippen LogP contribution in [0, 0.1) is 0 Å². The Hall–Kier alpha value is -1.47.